The molecule has 1 aliphatic rings. The lowest BCUT2D eigenvalue weighted by Gasteiger charge is -2.38. The minimum absolute atomic E-state index is 0.201. The van der Waals surface area contributed by atoms with Gasteiger partial charge in [-0.3, -0.25) is 4.90 Å². The Bertz CT molecular complexity index is 240. The molecule has 0 aromatic carbocycles. The average Bonchev–Trinajstić information content (AvgIpc) is 2.28. The molecule has 0 saturated carbocycles. The Hall–Kier alpha value is -0.230. The van der Waals surface area contributed by atoms with Crippen molar-refractivity contribution in [2.75, 3.05) is 32.7 Å². The minimum atomic E-state index is -0.201. The fourth-order valence-corrected chi connectivity index (χ4v) is 2.62. The van der Waals surface area contributed by atoms with Gasteiger partial charge in [0, 0.05) is 32.7 Å². The second-order valence-corrected chi connectivity index (χ2v) is 5.31. The van der Waals surface area contributed by atoms with E-state index in [1.165, 1.54) is 0 Å². The maximum absolute atomic E-state index is 9.26. The van der Waals surface area contributed by atoms with Gasteiger partial charge in [-0.15, -0.1) is 0 Å². The first-order valence-electron chi connectivity index (χ1n) is 6.48. The molecule has 0 radical (unpaired) electrons. The molecule has 1 rings (SSSR count). The summed E-state index contributed by atoms with van der Waals surface area (Å²) in [6.07, 6.45) is 1.64. The van der Waals surface area contributed by atoms with E-state index in [0.29, 0.717) is 4.99 Å². The van der Waals surface area contributed by atoms with E-state index >= 15 is 0 Å². The molecular formula is C12H25N3OS. The molecule has 0 aliphatic carbocycles. The van der Waals surface area contributed by atoms with E-state index < -0.39 is 0 Å². The highest BCUT2D eigenvalue weighted by molar-refractivity contribution is 7.80. The van der Waals surface area contributed by atoms with Gasteiger partial charge in [-0.1, -0.05) is 19.1 Å². The van der Waals surface area contributed by atoms with E-state index in [9.17, 15) is 5.11 Å². The first-order valence-corrected chi connectivity index (χ1v) is 6.89. The second kappa shape index (κ2) is 7.26. The highest BCUT2D eigenvalue weighted by Crippen LogP contribution is 2.10. The zero-order chi connectivity index (χ0) is 12.8. The number of nitrogens with zero attached hydrogens (tertiary/aromatic N) is 2. The number of hydrogen-bond donors (Lipinski definition) is 2. The molecule has 1 fully saturated rings. The van der Waals surface area contributed by atoms with Crippen LogP contribution in [0.4, 0.5) is 0 Å². The smallest absolute Gasteiger partial charge is 0.0901 e. The zero-order valence-electron chi connectivity index (χ0n) is 10.9. The van der Waals surface area contributed by atoms with Gasteiger partial charge in [0.15, 0.2) is 0 Å². The van der Waals surface area contributed by atoms with Crippen LogP contribution in [0, 0.1) is 0 Å². The van der Waals surface area contributed by atoms with Gasteiger partial charge in [-0.2, -0.15) is 0 Å². The lowest BCUT2D eigenvalue weighted by Crippen LogP contribution is -2.53. The number of rotatable bonds is 6. The first-order chi connectivity index (χ1) is 8.04. The fourth-order valence-electron chi connectivity index (χ4n) is 2.31. The third kappa shape index (κ3) is 4.87. The number of hydrogen-bond acceptors (Lipinski definition) is 4. The van der Waals surface area contributed by atoms with Crippen LogP contribution in [0.3, 0.4) is 0 Å². The molecule has 4 nitrogen and oxygen atoms in total. The van der Waals surface area contributed by atoms with Crippen LogP contribution in [0.2, 0.25) is 0 Å². The molecule has 100 valence electrons. The summed E-state index contributed by atoms with van der Waals surface area (Å²) in [6, 6.07) is 0.254. The number of thiocarbonyl (C=S) groups is 1. The van der Waals surface area contributed by atoms with Crippen LogP contribution in [0.1, 0.15) is 26.7 Å². The maximum Gasteiger partial charge on any atom is 0.0901 e. The third-order valence-electron chi connectivity index (χ3n) is 3.43. The van der Waals surface area contributed by atoms with E-state index in [2.05, 4.69) is 16.7 Å². The molecule has 0 amide bonds. The molecular weight excluding hydrogens is 234 g/mol. The lowest BCUT2D eigenvalue weighted by molar-refractivity contribution is 0.0978. The Kier molecular flexibility index (Phi) is 6.33. The Morgan fingerprint density at radius 1 is 1.35 bits per heavy atom. The van der Waals surface area contributed by atoms with Crippen LogP contribution >= 0.6 is 12.2 Å². The molecule has 3 N–H and O–H groups in total. The van der Waals surface area contributed by atoms with Crippen LogP contribution in [-0.2, 0) is 0 Å². The van der Waals surface area contributed by atoms with Crippen molar-refractivity contribution in [3.63, 3.8) is 0 Å². The number of aliphatic hydroxyl groups is 1. The van der Waals surface area contributed by atoms with Crippen LogP contribution in [0.15, 0.2) is 0 Å². The fraction of sp³-hybridized carbons (Fsp3) is 0.917. The first kappa shape index (κ1) is 14.8. The van der Waals surface area contributed by atoms with Crippen LogP contribution in [0.5, 0.6) is 0 Å². The molecule has 1 aliphatic heterocycles. The van der Waals surface area contributed by atoms with Gasteiger partial charge in [0.1, 0.15) is 0 Å². The molecule has 2 atom stereocenters. The lowest BCUT2D eigenvalue weighted by atomic mass is 10.1. The van der Waals surface area contributed by atoms with Crippen molar-refractivity contribution in [1.82, 2.24) is 9.80 Å². The van der Waals surface area contributed by atoms with Crippen molar-refractivity contribution in [3.8, 4) is 0 Å². The standard InChI is InChI=1S/C12H25N3OS/c1-3-11(12(13)17)15-8-6-14(7-9-15)5-4-10(2)16/h10-11,16H,3-9H2,1-2H3,(H2,13,17). The van der Waals surface area contributed by atoms with E-state index in [1.54, 1.807) is 0 Å². The van der Waals surface area contributed by atoms with Crippen LogP contribution < -0.4 is 5.73 Å². The normalized spacial score (nSPS) is 22.3. The Morgan fingerprint density at radius 3 is 2.35 bits per heavy atom. The van der Waals surface area contributed by atoms with E-state index in [0.717, 1.165) is 45.6 Å². The molecule has 0 aromatic heterocycles. The van der Waals surface area contributed by atoms with Gasteiger partial charge >= 0.3 is 0 Å². The molecule has 17 heavy (non-hydrogen) atoms. The number of piperazine rings is 1. The monoisotopic (exact) mass is 259 g/mol. The van der Waals surface area contributed by atoms with E-state index in [1.807, 2.05) is 6.92 Å². The molecule has 0 spiro atoms. The summed E-state index contributed by atoms with van der Waals surface area (Å²) in [5.74, 6) is 0. The molecule has 0 bridgehead atoms. The molecule has 0 aromatic rings. The van der Waals surface area contributed by atoms with Gasteiger partial charge in [0.2, 0.25) is 0 Å². The Labute approximate surface area is 110 Å². The van der Waals surface area contributed by atoms with Crippen molar-refractivity contribution in [2.24, 2.45) is 5.73 Å². The Balaban J connectivity index is 2.32. The molecule has 2 unspecified atom stereocenters. The molecule has 5 heteroatoms. The average molecular weight is 259 g/mol. The zero-order valence-corrected chi connectivity index (χ0v) is 11.7. The van der Waals surface area contributed by atoms with Crippen molar-refractivity contribution in [1.29, 1.82) is 0 Å². The summed E-state index contributed by atoms with van der Waals surface area (Å²) in [4.78, 5) is 5.39. The summed E-state index contributed by atoms with van der Waals surface area (Å²) in [7, 11) is 0. The van der Waals surface area contributed by atoms with Gasteiger partial charge in [0.25, 0.3) is 0 Å². The SMILES string of the molecule is CCC(C(N)=S)N1CCN(CCC(C)O)CC1. The number of nitrogens with two attached hydrogens (primary N) is 1. The maximum atomic E-state index is 9.26. The minimum Gasteiger partial charge on any atom is -0.393 e. The largest absolute Gasteiger partial charge is 0.393 e. The van der Waals surface area contributed by atoms with Gasteiger partial charge in [-0.25, -0.2) is 0 Å². The highest BCUT2D eigenvalue weighted by Gasteiger charge is 2.24. The summed E-state index contributed by atoms with van der Waals surface area (Å²) in [5, 5.41) is 9.26. The predicted molar refractivity (Wildman–Crippen MR) is 75.2 cm³/mol. The van der Waals surface area contributed by atoms with Gasteiger partial charge < -0.3 is 15.7 Å². The van der Waals surface area contributed by atoms with Crippen molar-refractivity contribution in [2.45, 2.75) is 38.8 Å². The molecule has 1 saturated heterocycles. The van der Waals surface area contributed by atoms with Crippen LogP contribution in [-0.4, -0.2) is 64.8 Å². The van der Waals surface area contributed by atoms with E-state index in [-0.39, 0.29) is 12.1 Å². The van der Waals surface area contributed by atoms with Crippen LogP contribution in [0.25, 0.3) is 0 Å². The number of aliphatic hydroxyl groups excluding tert-OH is 1. The third-order valence-corrected chi connectivity index (χ3v) is 3.70. The molecule has 1 heterocycles. The van der Waals surface area contributed by atoms with Crippen molar-refractivity contribution < 1.29 is 5.11 Å². The van der Waals surface area contributed by atoms with E-state index in [4.69, 9.17) is 18.0 Å². The van der Waals surface area contributed by atoms with Gasteiger partial charge in [-0.05, 0) is 19.8 Å². The Morgan fingerprint density at radius 2 is 1.94 bits per heavy atom. The van der Waals surface area contributed by atoms with Crippen molar-refractivity contribution >= 4 is 17.2 Å². The summed E-state index contributed by atoms with van der Waals surface area (Å²) in [5.41, 5.74) is 5.75. The topological polar surface area (TPSA) is 52.7 Å². The summed E-state index contributed by atoms with van der Waals surface area (Å²) < 4.78 is 0. The predicted octanol–water partition coefficient (Wildman–Crippen LogP) is 0.440. The van der Waals surface area contributed by atoms with Gasteiger partial charge in [0.05, 0.1) is 17.1 Å². The van der Waals surface area contributed by atoms with Crippen molar-refractivity contribution in [3.05, 3.63) is 0 Å². The summed E-state index contributed by atoms with van der Waals surface area (Å²) >= 11 is 5.10. The highest BCUT2D eigenvalue weighted by atomic mass is 32.1. The quantitative estimate of drug-likeness (QED) is 0.678. The summed E-state index contributed by atoms with van der Waals surface area (Å²) in [6.45, 7) is 9.10. The second-order valence-electron chi connectivity index (χ2n) is 4.84.